The Hall–Kier alpha value is -2.79. The van der Waals surface area contributed by atoms with Crippen molar-refractivity contribution in [3.63, 3.8) is 0 Å². The molecule has 1 aliphatic carbocycles. The molecule has 1 unspecified atom stereocenters. The highest BCUT2D eigenvalue weighted by Gasteiger charge is 2.26. The van der Waals surface area contributed by atoms with Gasteiger partial charge in [-0.05, 0) is 55.8 Å². The fourth-order valence-corrected chi connectivity index (χ4v) is 4.33. The molecule has 1 aromatic carbocycles. The standard InChI is InChI=1S/C24H26N4O/c29-23-14-22(19-9-10-19)26-24(27-23)20-7-5-17(6-8-20)16-28-12-2-4-21(28)13-18-3-1-11-25-15-18/h1,3,5-8,11,14-15,19,21H,2,4,9-10,12-13,16H2,(H,26,27,29). The molecule has 1 aliphatic heterocycles. The maximum absolute atomic E-state index is 12.0. The number of benzene rings is 1. The lowest BCUT2D eigenvalue weighted by Gasteiger charge is -2.24. The van der Waals surface area contributed by atoms with E-state index < -0.39 is 0 Å². The largest absolute Gasteiger partial charge is 0.307 e. The molecule has 0 spiro atoms. The van der Waals surface area contributed by atoms with Crippen LogP contribution in [0.3, 0.4) is 0 Å². The van der Waals surface area contributed by atoms with Crippen molar-refractivity contribution in [1.82, 2.24) is 19.9 Å². The Bertz CT molecular complexity index is 1020. The van der Waals surface area contributed by atoms with Crippen molar-refractivity contribution in [2.45, 2.75) is 50.6 Å². The second-order valence-corrected chi connectivity index (χ2v) is 8.32. The highest BCUT2D eigenvalue weighted by molar-refractivity contribution is 5.55. The van der Waals surface area contributed by atoms with Crippen molar-refractivity contribution in [2.24, 2.45) is 0 Å². The number of hydrogen-bond donors (Lipinski definition) is 1. The number of pyridine rings is 1. The smallest absolute Gasteiger partial charge is 0.251 e. The van der Waals surface area contributed by atoms with Gasteiger partial charge in [0.15, 0.2) is 0 Å². The van der Waals surface area contributed by atoms with Crippen LogP contribution in [0.1, 0.15) is 48.4 Å². The molecule has 0 amide bonds. The first-order valence-electron chi connectivity index (χ1n) is 10.6. The minimum absolute atomic E-state index is 0.0590. The lowest BCUT2D eigenvalue weighted by atomic mass is 10.0. The zero-order chi connectivity index (χ0) is 19.6. The van der Waals surface area contributed by atoms with Crippen molar-refractivity contribution < 1.29 is 0 Å². The van der Waals surface area contributed by atoms with Gasteiger partial charge in [-0.25, -0.2) is 4.98 Å². The van der Waals surface area contributed by atoms with Crippen molar-refractivity contribution in [3.05, 3.63) is 82.0 Å². The van der Waals surface area contributed by atoms with E-state index in [0.29, 0.717) is 17.8 Å². The Labute approximate surface area is 170 Å². The summed E-state index contributed by atoms with van der Waals surface area (Å²) in [5.74, 6) is 1.16. The van der Waals surface area contributed by atoms with Crippen LogP contribution in [-0.2, 0) is 13.0 Å². The normalized spacial score (nSPS) is 19.5. The van der Waals surface area contributed by atoms with Gasteiger partial charge in [0.2, 0.25) is 0 Å². The van der Waals surface area contributed by atoms with E-state index in [4.69, 9.17) is 0 Å². The fraction of sp³-hybridized carbons (Fsp3) is 0.375. The third kappa shape index (κ3) is 4.30. The van der Waals surface area contributed by atoms with Gasteiger partial charge in [0.1, 0.15) is 5.82 Å². The minimum atomic E-state index is -0.0590. The molecule has 3 aromatic rings. The van der Waals surface area contributed by atoms with Crippen LogP contribution in [0.15, 0.2) is 59.7 Å². The molecule has 2 aromatic heterocycles. The molecule has 2 fully saturated rings. The van der Waals surface area contributed by atoms with Crippen LogP contribution < -0.4 is 5.56 Å². The summed E-state index contributed by atoms with van der Waals surface area (Å²) in [5, 5.41) is 0. The monoisotopic (exact) mass is 386 g/mol. The maximum Gasteiger partial charge on any atom is 0.251 e. The number of H-pyrrole nitrogens is 1. The van der Waals surface area contributed by atoms with Gasteiger partial charge in [0.05, 0.1) is 5.69 Å². The van der Waals surface area contributed by atoms with E-state index in [-0.39, 0.29) is 5.56 Å². The Morgan fingerprint density at radius 1 is 1.07 bits per heavy atom. The highest BCUT2D eigenvalue weighted by atomic mass is 16.1. The lowest BCUT2D eigenvalue weighted by molar-refractivity contribution is 0.244. The van der Waals surface area contributed by atoms with Crippen molar-refractivity contribution in [1.29, 1.82) is 0 Å². The van der Waals surface area contributed by atoms with Crippen molar-refractivity contribution in [2.75, 3.05) is 6.54 Å². The van der Waals surface area contributed by atoms with Crippen LogP contribution in [0, 0.1) is 0 Å². The molecule has 1 saturated carbocycles. The molecule has 0 bridgehead atoms. The van der Waals surface area contributed by atoms with Crippen LogP contribution in [0.4, 0.5) is 0 Å². The van der Waals surface area contributed by atoms with Gasteiger partial charge in [-0.15, -0.1) is 0 Å². The highest BCUT2D eigenvalue weighted by Crippen LogP contribution is 2.38. The molecule has 3 heterocycles. The molecule has 5 rings (SSSR count). The average molecular weight is 386 g/mol. The summed E-state index contributed by atoms with van der Waals surface area (Å²) in [7, 11) is 0. The fourth-order valence-electron chi connectivity index (χ4n) is 4.33. The van der Waals surface area contributed by atoms with E-state index in [9.17, 15) is 4.79 Å². The van der Waals surface area contributed by atoms with E-state index in [0.717, 1.165) is 43.6 Å². The first kappa shape index (κ1) is 18.3. The van der Waals surface area contributed by atoms with Crippen molar-refractivity contribution >= 4 is 0 Å². The quantitative estimate of drug-likeness (QED) is 0.698. The maximum atomic E-state index is 12.0. The molecule has 0 radical (unpaired) electrons. The van der Waals surface area contributed by atoms with Crippen LogP contribution in [0.25, 0.3) is 11.4 Å². The summed E-state index contributed by atoms with van der Waals surface area (Å²) in [4.78, 5) is 26.4. The minimum Gasteiger partial charge on any atom is -0.307 e. The van der Waals surface area contributed by atoms with E-state index in [1.54, 1.807) is 6.07 Å². The summed E-state index contributed by atoms with van der Waals surface area (Å²) in [5.41, 5.74) is 4.46. The topological polar surface area (TPSA) is 61.9 Å². The Morgan fingerprint density at radius 3 is 2.69 bits per heavy atom. The predicted octanol–water partition coefficient (Wildman–Crippen LogP) is 3.92. The van der Waals surface area contributed by atoms with E-state index in [1.807, 2.05) is 18.5 Å². The Kier molecular flexibility index (Phi) is 4.98. The molecule has 5 heteroatoms. The SMILES string of the molecule is O=c1cc(C2CC2)nc(-c2ccc(CN3CCCC3Cc3cccnc3)cc2)[nH]1. The number of nitrogens with zero attached hydrogens (tertiary/aromatic N) is 3. The number of likely N-dealkylation sites (tertiary alicyclic amines) is 1. The van der Waals surface area contributed by atoms with Gasteiger partial charge < -0.3 is 4.98 Å². The summed E-state index contributed by atoms with van der Waals surface area (Å²) in [6, 6.07) is 14.9. The molecule has 1 saturated heterocycles. The van der Waals surface area contributed by atoms with E-state index in [1.165, 1.54) is 24.0 Å². The van der Waals surface area contributed by atoms with Gasteiger partial charge >= 0.3 is 0 Å². The number of aromatic amines is 1. The molecular weight excluding hydrogens is 360 g/mol. The summed E-state index contributed by atoms with van der Waals surface area (Å²) in [6.45, 7) is 2.10. The number of hydrogen-bond acceptors (Lipinski definition) is 4. The van der Waals surface area contributed by atoms with Gasteiger partial charge in [0.25, 0.3) is 5.56 Å². The van der Waals surface area contributed by atoms with Crippen LogP contribution in [0.5, 0.6) is 0 Å². The molecule has 148 valence electrons. The van der Waals surface area contributed by atoms with Crippen LogP contribution in [0.2, 0.25) is 0 Å². The number of nitrogens with one attached hydrogen (secondary N) is 1. The molecule has 29 heavy (non-hydrogen) atoms. The van der Waals surface area contributed by atoms with Gasteiger partial charge in [0, 0.05) is 42.5 Å². The Morgan fingerprint density at radius 2 is 1.93 bits per heavy atom. The average Bonchev–Trinajstić information content (AvgIpc) is 3.51. The summed E-state index contributed by atoms with van der Waals surface area (Å²) >= 11 is 0. The second kappa shape index (κ2) is 7.91. The van der Waals surface area contributed by atoms with E-state index in [2.05, 4.69) is 50.2 Å². The lowest BCUT2D eigenvalue weighted by Crippen LogP contribution is -2.30. The van der Waals surface area contributed by atoms with Crippen LogP contribution >= 0.6 is 0 Å². The number of aromatic nitrogens is 3. The summed E-state index contributed by atoms with van der Waals surface area (Å²) < 4.78 is 0. The summed E-state index contributed by atoms with van der Waals surface area (Å²) in [6.07, 6.45) is 9.66. The third-order valence-corrected chi connectivity index (χ3v) is 6.06. The van der Waals surface area contributed by atoms with E-state index >= 15 is 0 Å². The molecule has 1 atom stereocenters. The second-order valence-electron chi connectivity index (χ2n) is 8.32. The third-order valence-electron chi connectivity index (χ3n) is 6.06. The van der Waals surface area contributed by atoms with Gasteiger partial charge in [-0.1, -0.05) is 30.3 Å². The van der Waals surface area contributed by atoms with Gasteiger partial charge in [-0.3, -0.25) is 14.7 Å². The Balaban J connectivity index is 1.28. The predicted molar refractivity (Wildman–Crippen MR) is 114 cm³/mol. The first-order valence-corrected chi connectivity index (χ1v) is 10.6. The van der Waals surface area contributed by atoms with Crippen LogP contribution in [-0.4, -0.2) is 32.4 Å². The molecular formula is C24H26N4O. The zero-order valence-electron chi connectivity index (χ0n) is 16.6. The molecule has 5 nitrogen and oxygen atoms in total. The zero-order valence-corrected chi connectivity index (χ0v) is 16.6. The number of rotatable bonds is 6. The van der Waals surface area contributed by atoms with Crippen molar-refractivity contribution in [3.8, 4) is 11.4 Å². The van der Waals surface area contributed by atoms with Gasteiger partial charge in [-0.2, -0.15) is 0 Å². The molecule has 1 N–H and O–H groups in total. The molecule has 2 aliphatic rings. The first-order chi connectivity index (χ1) is 14.2.